The number of hydrogen-bond donors (Lipinski definition) is 1. The van der Waals surface area contributed by atoms with E-state index in [0.717, 1.165) is 42.1 Å². The molecule has 1 aromatic heterocycles. The van der Waals surface area contributed by atoms with E-state index in [-0.39, 0.29) is 17.7 Å². The van der Waals surface area contributed by atoms with E-state index in [1.54, 1.807) is 0 Å². The summed E-state index contributed by atoms with van der Waals surface area (Å²) in [6.07, 6.45) is 1.58. The number of nitrogens with zero attached hydrogens (tertiary/aromatic N) is 3. The predicted molar refractivity (Wildman–Crippen MR) is 112 cm³/mol. The molecule has 1 N–H and O–H groups in total. The maximum Gasteiger partial charge on any atom is 0.303 e. The molecule has 1 fully saturated rings. The lowest BCUT2D eigenvalue weighted by molar-refractivity contribution is -0.136. The van der Waals surface area contributed by atoms with Crippen molar-refractivity contribution in [2.24, 2.45) is 11.3 Å². The van der Waals surface area contributed by atoms with Crippen molar-refractivity contribution in [3.05, 3.63) is 46.8 Å². The third-order valence-corrected chi connectivity index (χ3v) is 6.44. The Bertz CT molecular complexity index is 912. The molecule has 1 atom stereocenters. The minimum Gasteiger partial charge on any atom is -0.481 e. The number of aromatic nitrogens is 2. The Morgan fingerprint density at radius 2 is 1.86 bits per heavy atom. The van der Waals surface area contributed by atoms with E-state index < -0.39 is 5.97 Å². The van der Waals surface area contributed by atoms with E-state index in [9.17, 15) is 9.59 Å². The molecule has 2 heterocycles. The molecule has 0 radical (unpaired) electrons. The second-order valence-electron chi connectivity index (χ2n) is 8.91. The fraction of sp³-hybridized carbons (Fsp3) is 0.522. The van der Waals surface area contributed by atoms with E-state index in [1.807, 2.05) is 47.7 Å². The third kappa shape index (κ3) is 4.36. The van der Waals surface area contributed by atoms with E-state index in [0.29, 0.717) is 17.9 Å². The van der Waals surface area contributed by atoms with Crippen LogP contribution in [0.2, 0.25) is 0 Å². The number of aliphatic carboxylic acids is 1. The number of hydrogen-bond acceptors (Lipinski definition) is 3. The second kappa shape index (κ2) is 8.01. The summed E-state index contributed by atoms with van der Waals surface area (Å²) in [5.74, 6) is -0.128. The lowest BCUT2D eigenvalue weighted by Gasteiger charge is -2.43. The highest BCUT2D eigenvalue weighted by Gasteiger charge is 2.35. The Labute approximate surface area is 172 Å². The van der Waals surface area contributed by atoms with Crippen LogP contribution in [-0.4, -0.2) is 44.8 Å². The molecule has 1 unspecified atom stereocenters. The van der Waals surface area contributed by atoms with Gasteiger partial charge in [-0.05, 0) is 67.9 Å². The summed E-state index contributed by atoms with van der Waals surface area (Å²) in [4.78, 5) is 25.8. The molecule has 29 heavy (non-hydrogen) atoms. The normalized spacial score (nSPS) is 18.7. The number of rotatable bonds is 5. The van der Waals surface area contributed by atoms with Gasteiger partial charge in [0, 0.05) is 30.8 Å². The van der Waals surface area contributed by atoms with Crippen LogP contribution in [0, 0.1) is 25.2 Å². The molecule has 6 heteroatoms. The Morgan fingerprint density at radius 1 is 1.21 bits per heavy atom. The number of benzene rings is 1. The fourth-order valence-electron chi connectivity index (χ4n) is 4.09. The summed E-state index contributed by atoms with van der Waals surface area (Å²) >= 11 is 0. The average molecular weight is 398 g/mol. The van der Waals surface area contributed by atoms with Crippen LogP contribution in [0.4, 0.5) is 0 Å². The molecule has 3 rings (SSSR count). The largest absolute Gasteiger partial charge is 0.481 e. The number of amides is 1. The summed E-state index contributed by atoms with van der Waals surface area (Å²) in [7, 11) is 0. The first kappa shape index (κ1) is 21.1. The van der Waals surface area contributed by atoms with Crippen molar-refractivity contribution >= 4 is 11.9 Å². The van der Waals surface area contributed by atoms with Gasteiger partial charge in [-0.1, -0.05) is 20.8 Å². The minimum absolute atomic E-state index is 0.0760. The van der Waals surface area contributed by atoms with Crippen LogP contribution in [0.25, 0.3) is 5.69 Å². The number of carboxylic acids is 1. The van der Waals surface area contributed by atoms with Crippen molar-refractivity contribution in [3.63, 3.8) is 0 Å². The van der Waals surface area contributed by atoms with Crippen LogP contribution in [0.15, 0.2) is 24.3 Å². The Balaban J connectivity index is 1.78. The van der Waals surface area contributed by atoms with Crippen molar-refractivity contribution in [1.82, 2.24) is 14.7 Å². The number of likely N-dealkylation sites (tertiary alicyclic amines) is 1. The Morgan fingerprint density at radius 3 is 2.45 bits per heavy atom. The van der Waals surface area contributed by atoms with Crippen LogP contribution in [-0.2, 0) is 11.2 Å². The lowest BCUT2D eigenvalue weighted by Crippen LogP contribution is -2.47. The van der Waals surface area contributed by atoms with Crippen LogP contribution < -0.4 is 0 Å². The zero-order valence-electron chi connectivity index (χ0n) is 18.0. The van der Waals surface area contributed by atoms with Crippen LogP contribution >= 0.6 is 0 Å². The minimum atomic E-state index is -0.810. The number of carbonyl (C=O) groups excluding carboxylic acids is 1. The van der Waals surface area contributed by atoms with Gasteiger partial charge in [-0.15, -0.1) is 0 Å². The SMILES string of the molecule is Cc1nn(-c2ccc(C(=O)N3CCC(C)C(C)(C)C3)cc2)c(C)c1CCC(=O)O. The monoisotopic (exact) mass is 397 g/mol. The molecule has 0 spiro atoms. The van der Waals surface area contributed by atoms with Crippen molar-refractivity contribution in [2.45, 2.75) is 53.9 Å². The highest BCUT2D eigenvalue weighted by molar-refractivity contribution is 5.94. The van der Waals surface area contributed by atoms with Crippen molar-refractivity contribution in [3.8, 4) is 5.69 Å². The molecule has 1 saturated heterocycles. The molecule has 6 nitrogen and oxygen atoms in total. The van der Waals surface area contributed by atoms with Gasteiger partial charge in [0.2, 0.25) is 0 Å². The molecule has 1 amide bonds. The van der Waals surface area contributed by atoms with Gasteiger partial charge in [-0.3, -0.25) is 9.59 Å². The Hall–Kier alpha value is -2.63. The van der Waals surface area contributed by atoms with Gasteiger partial charge in [0.25, 0.3) is 5.91 Å². The molecule has 0 saturated carbocycles. The van der Waals surface area contributed by atoms with Gasteiger partial charge < -0.3 is 10.0 Å². The van der Waals surface area contributed by atoms with Gasteiger partial charge in [-0.2, -0.15) is 5.10 Å². The van der Waals surface area contributed by atoms with Crippen molar-refractivity contribution < 1.29 is 14.7 Å². The van der Waals surface area contributed by atoms with E-state index in [2.05, 4.69) is 25.9 Å². The molecular weight excluding hydrogens is 366 g/mol. The maximum absolute atomic E-state index is 13.0. The van der Waals surface area contributed by atoms with Crippen LogP contribution in [0.1, 0.15) is 60.9 Å². The topological polar surface area (TPSA) is 75.4 Å². The molecule has 1 aliphatic heterocycles. The first-order valence-corrected chi connectivity index (χ1v) is 10.3. The van der Waals surface area contributed by atoms with E-state index >= 15 is 0 Å². The smallest absolute Gasteiger partial charge is 0.303 e. The van der Waals surface area contributed by atoms with E-state index in [4.69, 9.17) is 5.11 Å². The summed E-state index contributed by atoms with van der Waals surface area (Å²) in [5.41, 5.74) is 4.44. The van der Waals surface area contributed by atoms with Crippen LogP contribution in [0.3, 0.4) is 0 Å². The standard InChI is InChI=1S/C23H31N3O3/c1-15-12-13-25(14-23(15,4)5)22(29)18-6-8-19(9-7-18)26-17(3)20(16(2)24-26)10-11-21(27)28/h6-9,15H,10-14H2,1-5H3,(H,27,28). The van der Waals surface area contributed by atoms with Crippen LogP contribution in [0.5, 0.6) is 0 Å². The zero-order valence-corrected chi connectivity index (χ0v) is 18.0. The quantitative estimate of drug-likeness (QED) is 0.827. The third-order valence-electron chi connectivity index (χ3n) is 6.44. The number of carbonyl (C=O) groups is 2. The van der Waals surface area contributed by atoms with E-state index in [1.165, 1.54) is 0 Å². The van der Waals surface area contributed by atoms with Gasteiger partial charge in [0.1, 0.15) is 0 Å². The molecular formula is C23H31N3O3. The average Bonchev–Trinajstić information content (AvgIpc) is 2.95. The molecule has 1 aliphatic rings. The highest BCUT2D eigenvalue weighted by atomic mass is 16.4. The summed E-state index contributed by atoms with van der Waals surface area (Å²) in [6.45, 7) is 12.1. The highest BCUT2D eigenvalue weighted by Crippen LogP contribution is 2.34. The molecule has 0 aliphatic carbocycles. The maximum atomic E-state index is 13.0. The second-order valence-corrected chi connectivity index (χ2v) is 8.91. The Kier molecular flexibility index (Phi) is 5.82. The summed E-state index contributed by atoms with van der Waals surface area (Å²) in [5, 5.41) is 13.5. The van der Waals surface area contributed by atoms with Gasteiger partial charge in [0.15, 0.2) is 0 Å². The van der Waals surface area contributed by atoms with Crippen molar-refractivity contribution in [2.75, 3.05) is 13.1 Å². The first-order chi connectivity index (χ1) is 13.6. The lowest BCUT2D eigenvalue weighted by atomic mass is 9.75. The van der Waals surface area contributed by atoms with Gasteiger partial charge in [0.05, 0.1) is 11.4 Å². The summed E-state index contributed by atoms with van der Waals surface area (Å²) in [6, 6.07) is 7.53. The van der Waals surface area contributed by atoms with Gasteiger partial charge in [-0.25, -0.2) is 4.68 Å². The number of carboxylic acid groups (broad SMARTS) is 1. The number of piperidine rings is 1. The van der Waals surface area contributed by atoms with Crippen molar-refractivity contribution in [1.29, 1.82) is 0 Å². The number of aryl methyl sites for hydroxylation is 1. The first-order valence-electron chi connectivity index (χ1n) is 10.3. The van der Waals surface area contributed by atoms with Gasteiger partial charge >= 0.3 is 5.97 Å². The molecule has 0 bridgehead atoms. The fourth-order valence-corrected chi connectivity index (χ4v) is 4.09. The molecule has 1 aromatic carbocycles. The predicted octanol–water partition coefficient (Wildman–Crippen LogP) is 4.01. The molecule has 156 valence electrons. The molecule has 2 aromatic rings. The summed E-state index contributed by atoms with van der Waals surface area (Å²) < 4.78 is 1.83. The zero-order chi connectivity index (χ0) is 21.3.